The molecule has 0 aliphatic heterocycles. The second-order valence-corrected chi connectivity index (χ2v) is 5.98. The van der Waals surface area contributed by atoms with Crippen molar-refractivity contribution in [1.82, 2.24) is 19.9 Å². The molecule has 0 aliphatic carbocycles. The lowest BCUT2D eigenvalue weighted by atomic mass is 10.2. The number of nitrogens with one attached hydrogen (secondary N) is 1. The molecule has 19 heavy (non-hydrogen) atoms. The molecule has 1 aromatic heterocycles. The van der Waals surface area contributed by atoms with Gasteiger partial charge in [0.1, 0.15) is 0 Å². The van der Waals surface area contributed by atoms with Gasteiger partial charge < -0.3 is 0 Å². The first kappa shape index (κ1) is 14.1. The maximum absolute atomic E-state index is 12.0. The molecule has 0 bridgehead atoms. The minimum atomic E-state index is -3.83. The summed E-state index contributed by atoms with van der Waals surface area (Å²) in [5.74, 6) is 0. The van der Waals surface area contributed by atoms with E-state index < -0.39 is 10.0 Å². The molecule has 7 nitrogen and oxygen atoms in total. The molecule has 0 spiro atoms. The van der Waals surface area contributed by atoms with Gasteiger partial charge in [0.2, 0.25) is 5.03 Å². The van der Waals surface area contributed by atoms with Crippen molar-refractivity contribution in [3.8, 4) is 0 Å². The van der Waals surface area contributed by atoms with Gasteiger partial charge in [0, 0.05) is 7.05 Å². The summed E-state index contributed by atoms with van der Waals surface area (Å²) in [4.78, 5) is 7.02. The zero-order valence-corrected chi connectivity index (χ0v) is 12.3. The molecule has 102 valence electrons. The molecular formula is C10H11BrN4O3S. The molecule has 2 rings (SSSR count). The van der Waals surface area contributed by atoms with E-state index in [4.69, 9.17) is 4.84 Å². The molecule has 0 unspecified atom stereocenters. The highest BCUT2D eigenvalue weighted by atomic mass is 79.9. The summed E-state index contributed by atoms with van der Waals surface area (Å²) < 4.78 is 25.2. The topological polar surface area (TPSA) is 86.1 Å². The monoisotopic (exact) mass is 346 g/mol. The number of benzene rings is 1. The Morgan fingerprint density at radius 3 is 2.63 bits per heavy atom. The van der Waals surface area contributed by atoms with Crippen LogP contribution in [0.25, 0.3) is 0 Å². The van der Waals surface area contributed by atoms with Gasteiger partial charge in [-0.1, -0.05) is 40.4 Å². The predicted molar refractivity (Wildman–Crippen MR) is 70.3 cm³/mol. The fraction of sp³-hybridized carbons (Fsp3) is 0.200. The Kier molecular flexibility index (Phi) is 4.30. The second kappa shape index (κ2) is 5.78. The number of halogens is 1. The van der Waals surface area contributed by atoms with Crippen molar-refractivity contribution in [3.05, 3.63) is 40.5 Å². The Bertz CT molecular complexity index is 637. The van der Waals surface area contributed by atoms with Crippen molar-refractivity contribution in [2.75, 3.05) is 0 Å². The van der Waals surface area contributed by atoms with Crippen molar-refractivity contribution in [2.45, 2.75) is 11.6 Å². The highest BCUT2D eigenvalue weighted by Gasteiger charge is 2.24. The number of sulfonamides is 1. The molecule has 0 saturated carbocycles. The van der Waals surface area contributed by atoms with Crippen molar-refractivity contribution >= 4 is 26.0 Å². The highest BCUT2D eigenvalue weighted by Crippen LogP contribution is 2.17. The van der Waals surface area contributed by atoms with Crippen LogP contribution in [0.4, 0.5) is 0 Å². The molecule has 0 amide bonds. The van der Waals surface area contributed by atoms with Crippen molar-refractivity contribution in [1.29, 1.82) is 0 Å². The fourth-order valence-corrected chi connectivity index (χ4v) is 3.32. The Labute approximate surface area is 118 Å². The lowest BCUT2D eigenvalue weighted by Gasteiger charge is -2.07. The summed E-state index contributed by atoms with van der Waals surface area (Å²) in [6.45, 7) is 0.128. The van der Waals surface area contributed by atoms with Crippen molar-refractivity contribution in [3.63, 3.8) is 0 Å². The normalized spacial score (nSPS) is 11.7. The van der Waals surface area contributed by atoms with Gasteiger partial charge in [0.05, 0.1) is 6.61 Å². The van der Waals surface area contributed by atoms with Gasteiger partial charge in [-0.2, -0.15) is 0 Å². The van der Waals surface area contributed by atoms with Crippen LogP contribution in [-0.4, -0.2) is 23.4 Å². The average Bonchev–Trinajstić information content (AvgIpc) is 2.70. The minimum Gasteiger partial charge on any atom is -0.282 e. The van der Waals surface area contributed by atoms with Gasteiger partial charge in [-0.15, -0.1) is 5.10 Å². The number of rotatable bonds is 5. The molecule has 0 radical (unpaired) electrons. The van der Waals surface area contributed by atoms with E-state index in [1.54, 1.807) is 0 Å². The van der Waals surface area contributed by atoms with Gasteiger partial charge in [-0.05, 0) is 21.5 Å². The van der Waals surface area contributed by atoms with Crippen LogP contribution in [0, 0.1) is 0 Å². The van der Waals surface area contributed by atoms with Crippen LogP contribution < -0.4 is 4.89 Å². The molecule has 2 aromatic rings. The Morgan fingerprint density at radius 1 is 1.37 bits per heavy atom. The molecule has 1 N–H and O–H groups in total. The van der Waals surface area contributed by atoms with Crippen LogP contribution in [0.15, 0.2) is 40.0 Å². The molecule has 1 aromatic carbocycles. The van der Waals surface area contributed by atoms with Gasteiger partial charge in [0.15, 0.2) is 4.60 Å². The fourth-order valence-electron chi connectivity index (χ4n) is 1.41. The smallest absolute Gasteiger partial charge is 0.282 e. The zero-order chi connectivity index (χ0) is 13.9. The minimum absolute atomic E-state index is 0.0967. The first-order chi connectivity index (χ1) is 9.00. The first-order valence-corrected chi connectivity index (χ1v) is 7.51. The van der Waals surface area contributed by atoms with E-state index in [9.17, 15) is 8.42 Å². The molecule has 0 fully saturated rings. The lowest BCUT2D eigenvalue weighted by Crippen LogP contribution is -2.26. The molecule has 0 aliphatic rings. The third kappa shape index (κ3) is 3.38. The van der Waals surface area contributed by atoms with Gasteiger partial charge >= 0.3 is 0 Å². The van der Waals surface area contributed by atoms with Crippen LogP contribution in [0.5, 0.6) is 0 Å². The van der Waals surface area contributed by atoms with E-state index in [1.807, 2.05) is 35.2 Å². The average molecular weight is 347 g/mol. The standard InChI is InChI=1S/C10H11BrN4O3S/c1-15-10(9(11)12-13-15)19(16,17)14-18-7-8-5-3-2-4-6-8/h2-6,14H,7H2,1H3. The predicted octanol–water partition coefficient (Wildman–Crippen LogP) is 0.988. The number of aromatic nitrogens is 3. The summed E-state index contributed by atoms with van der Waals surface area (Å²) >= 11 is 3.02. The van der Waals surface area contributed by atoms with Gasteiger partial charge in [0.25, 0.3) is 10.0 Å². The van der Waals surface area contributed by atoms with E-state index >= 15 is 0 Å². The van der Waals surface area contributed by atoms with Crippen LogP contribution in [0.3, 0.4) is 0 Å². The van der Waals surface area contributed by atoms with Crippen LogP contribution in [0.2, 0.25) is 0 Å². The Balaban J connectivity index is 2.03. The van der Waals surface area contributed by atoms with Crippen LogP contribution >= 0.6 is 15.9 Å². The summed E-state index contributed by atoms with van der Waals surface area (Å²) in [6, 6.07) is 9.21. The number of aryl methyl sites for hydroxylation is 1. The van der Waals surface area contributed by atoms with E-state index in [1.165, 1.54) is 7.05 Å². The second-order valence-electron chi connectivity index (χ2n) is 3.67. The number of nitrogens with zero attached hydrogens (tertiary/aromatic N) is 3. The third-order valence-electron chi connectivity index (χ3n) is 2.24. The summed E-state index contributed by atoms with van der Waals surface area (Å²) in [7, 11) is -2.35. The van der Waals surface area contributed by atoms with E-state index in [-0.39, 0.29) is 16.2 Å². The van der Waals surface area contributed by atoms with Crippen molar-refractivity contribution < 1.29 is 13.3 Å². The lowest BCUT2D eigenvalue weighted by molar-refractivity contribution is 0.0791. The third-order valence-corrected chi connectivity index (χ3v) is 4.34. The van der Waals surface area contributed by atoms with E-state index in [2.05, 4.69) is 26.2 Å². The molecule has 1 heterocycles. The van der Waals surface area contributed by atoms with Crippen molar-refractivity contribution in [2.24, 2.45) is 7.05 Å². The molecule has 0 atom stereocenters. The number of hydrogen-bond donors (Lipinski definition) is 1. The van der Waals surface area contributed by atoms with E-state index in [0.717, 1.165) is 10.2 Å². The zero-order valence-electron chi connectivity index (χ0n) is 9.95. The Hall–Kier alpha value is -1.29. The maximum atomic E-state index is 12.0. The molecule has 9 heteroatoms. The summed E-state index contributed by atoms with van der Waals surface area (Å²) in [5, 5.41) is 7.10. The van der Waals surface area contributed by atoms with Crippen LogP contribution in [-0.2, 0) is 28.5 Å². The SMILES string of the molecule is Cn1nnc(Br)c1S(=O)(=O)NOCc1ccccc1. The van der Waals surface area contributed by atoms with E-state index in [0.29, 0.717) is 0 Å². The summed E-state index contributed by atoms with van der Waals surface area (Å²) in [6.07, 6.45) is 0. The largest absolute Gasteiger partial charge is 0.282 e. The molecular weight excluding hydrogens is 336 g/mol. The Morgan fingerprint density at radius 2 is 2.05 bits per heavy atom. The quantitative estimate of drug-likeness (QED) is 0.815. The van der Waals surface area contributed by atoms with Crippen LogP contribution in [0.1, 0.15) is 5.56 Å². The molecule has 0 saturated heterocycles. The first-order valence-electron chi connectivity index (χ1n) is 5.23. The highest BCUT2D eigenvalue weighted by molar-refractivity contribution is 9.10. The summed E-state index contributed by atoms with van der Waals surface area (Å²) in [5.41, 5.74) is 0.854. The number of hydrogen-bond acceptors (Lipinski definition) is 5. The van der Waals surface area contributed by atoms with Gasteiger partial charge in [-0.25, -0.2) is 13.1 Å². The maximum Gasteiger partial charge on any atom is 0.282 e. The van der Waals surface area contributed by atoms with Gasteiger partial charge in [-0.3, -0.25) is 4.84 Å².